The minimum absolute atomic E-state index is 0.0262. The quantitative estimate of drug-likeness (QED) is 0.456. The van der Waals surface area contributed by atoms with E-state index in [1.54, 1.807) is 6.21 Å². The summed E-state index contributed by atoms with van der Waals surface area (Å²) in [7, 11) is -3.79. The summed E-state index contributed by atoms with van der Waals surface area (Å²) in [5.74, 6) is -0.799. The third kappa shape index (κ3) is 4.61. The number of carbonyl (C=O) groups excluding carboxylic acids is 2. The van der Waals surface area contributed by atoms with Crippen molar-refractivity contribution in [3.05, 3.63) is 12.0 Å². The molecule has 174 valence electrons. The summed E-state index contributed by atoms with van der Waals surface area (Å²) in [6.45, 7) is 3.76. The normalized spacial score (nSPS) is 32.9. The smallest absolute Gasteiger partial charge is 0.328 e. The van der Waals surface area contributed by atoms with Gasteiger partial charge in [-0.15, -0.1) is 0 Å². The maximum Gasteiger partial charge on any atom is 0.328 e. The zero-order valence-corrected chi connectivity index (χ0v) is 18.9. The molecule has 6 atom stereocenters. The Labute approximate surface area is 185 Å². The monoisotopic (exact) mass is 466 g/mol. The van der Waals surface area contributed by atoms with Crippen molar-refractivity contribution in [1.82, 2.24) is 9.97 Å². The van der Waals surface area contributed by atoms with Crippen molar-refractivity contribution in [2.24, 2.45) is 4.99 Å². The Bertz CT molecular complexity index is 971. The van der Waals surface area contributed by atoms with Crippen molar-refractivity contribution >= 4 is 37.2 Å². The third-order valence-corrected chi connectivity index (χ3v) is 7.07. The number of esters is 1. The molecule has 1 aromatic heterocycles. The summed E-state index contributed by atoms with van der Waals surface area (Å²) in [5, 5.41) is 2.75. The van der Waals surface area contributed by atoms with Gasteiger partial charge in [0, 0.05) is 19.1 Å². The summed E-state index contributed by atoms with van der Waals surface area (Å²) in [6, 6.07) is 0. The number of amides is 1. The lowest BCUT2D eigenvalue weighted by molar-refractivity contribution is -0.155. The summed E-state index contributed by atoms with van der Waals surface area (Å²) >= 11 is 0. The van der Waals surface area contributed by atoms with Crippen LogP contribution in [0.1, 0.15) is 57.6 Å². The molecular formula is C20H27N4O7P. The molecule has 2 fully saturated rings. The van der Waals surface area contributed by atoms with Gasteiger partial charge in [0.05, 0.1) is 23.9 Å². The highest BCUT2D eigenvalue weighted by atomic mass is 31.2. The molecule has 0 saturated carbocycles. The highest BCUT2D eigenvalue weighted by molar-refractivity contribution is 7.52. The first-order valence-electron chi connectivity index (χ1n) is 10.9. The Kier molecular flexibility index (Phi) is 6.71. The van der Waals surface area contributed by atoms with Crippen LogP contribution in [0.25, 0.3) is 0 Å². The molecule has 0 aromatic carbocycles. The SMILES string of the molecule is CCCC(=O)Nc1ncnc2c1N=CC2[C@@H]1O[C@@H]2CCP(=O)(O)O[C@H]2[C@H]1OC(=O)CCC. The molecule has 4 heterocycles. The van der Waals surface area contributed by atoms with Gasteiger partial charge in [-0.3, -0.25) is 23.7 Å². The molecule has 2 unspecified atom stereocenters. The van der Waals surface area contributed by atoms with E-state index in [1.807, 2.05) is 13.8 Å². The van der Waals surface area contributed by atoms with Gasteiger partial charge in [-0.05, 0) is 19.3 Å². The zero-order chi connectivity index (χ0) is 22.9. The number of aromatic nitrogens is 2. The molecule has 1 aromatic rings. The lowest BCUT2D eigenvalue weighted by atomic mass is 9.94. The molecule has 11 nitrogen and oxygen atoms in total. The topological polar surface area (TPSA) is 149 Å². The van der Waals surface area contributed by atoms with Crippen LogP contribution in [0.5, 0.6) is 0 Å². The van der Waals surface area contributed by atoms with E-state index in [2.05, 4.69) is 20.3 Å². The number of nitrogens with zero attached hydrogens (tertiary/aromatic N) is 3. The molecule has 2 N–H and O–H groups in total. The van der Waals surface area contributed by atoms with E-state index in [1.165, 1.54) is 6.33 Å². The van der Waals surface area contributed by atoms with Crippen molar-refractivity contribution in [3.63, 3.8) is 0 Å². The molecular weight excluding hydrogens is 439 g/mol. The average Bonchev–Trinajstić information content (AvgIpc) is 3.30. The van der Waals surface area contributed by atoms with Crippen molar-refractivity contribution in [3.8, 4) is 0 Å². The molecule has 3 aliphatic heterocycles. The largest absolute Gasteiger partial charge is 0.457 e. The Morgan fingerprint density at radius 3 is 2.78 bits per heavy atom. The van der Waals surface area contributed by atoms with Crippen LogP contribution in [0.2, 0.25) is 0 Å². The van der Waals surface area contributed by atoms with Crippen LogP contribution in [0.3, 0.4) is 0 Å². The summed E-state index contributed by atoms with van der Waals surface area (Å²) in [4.78, 5) is 47.2. The number of nitrogens with one attached hydrogen (secondary N) is 1. The molecule has 0 spiro atoms. The summed E-state index contributed by atoms with van der Waals surface area (Å²) in [6.07, 6.45) is 2.17. The lowest BCUT2D eigenvalue weighted by Crippen LogP contribution is -2.42. The Morgan fingerprint density at radius 2 is 2.03 bits per heavy atom. The number of hydrogen-bond acceptors (Lipinski definition) is 9. The summed E-state index contributed by atoms with van der Waals surface area (Å²) < 4.78 is 29.5. The second-order valence-corrected chi connectivity index (χ2v) is 10.1. The van der Waals surface area contributed by atoms with E-state index in [0.717, 1.165) is 0 Å². The van der Waals surface area contributed by atoms with Gasteiger partial charge in [0.15, 0.2) is 11.9 Å². The number of aliphatic imine (C=N–C) groups is 1. The van der Waals surface area contributed by atoms with Gasteiger partial charge in [0.2, 0.25) is 5.91 Å². The first-order valence-corrected chi connectivity index (χ1v) is 12.6. The Hall–Kier alpha value is -2.20. The van der Waals surface area contributed by atoms with Crippen LogP contribution in [0, 0.1) is 0 Å². The number of ether oxygens (including phenoxy) is 2. The molecule has 2 saturated heterocycles. The summed E-state index contributed by atoms with van der Waals surface area (Å²) in [5.41, 5.74) is 0.951. The van der Waals surface area contributed by atoms with E-state index in [4.69, 9.17) is 14.0 Å². The van der Waals surface area contributed by atoms with E-state index in [0.29, 0.717) is 42.9 Å². The van der Waals surface area contributed by atoms with Crippen LogP contribution in [-0.2, 0) is 28.2 Å². The standard InChI is InChI=1S/C20H27N4O7P/c1-3-5-13(25)24-20-16-15(22-10-23-20)11(9-21-16)17-19(30-14(26)6-4-2)18-12(29-17)7-8-32(27,28)31-18/h9-12,17-19H,3-8H2,1-2H3,(H,27,28)(H,22,23,24,25)/t11?,12-,17+,18-,19+/m1/s1. The number of carbonyl (C=O) groups is 2. The van der Waals surface area contributed by atoms with E-state index >= 15 is 0 Å². The Morgan fingerprint density at radius 1 is 1.25 bits per heavy atom. The van der Waals surface area contributed by atoms with Crippen molar-refractivity contribution < 1.29 is 33.0 Å². The average molecular weight is 466 g/mol. The van der Waals surface area contributed by atoms with E-state index < -0.39 is 43.9 Å². The van der Waals surface area contributed by atoms with Crippen molar-refractivity contribution in [2.75, 3.05) is 11.5 Å². The first kappa shape index (κ1) is 23.0. The van der Waals surface area contributed by atoms with Gasteiger partial charge in [-0.25, -0.2) is 9.97 Å². The van der Waals surface area contributed by atoms with Gasteiger partial charge < -0.3 is 19.7 Å². The van der Waals surface area contributed by atoms with Crippen LogP contribution in [0.15, 0.2) is 11.3 Å². The zero-order valence-electron chi connectivity index (χ0n) is 18.0. The van der Waals surface area contributed by atoms with Crippen molar-refractivity contribution in [1.29, 1.82) is 0 Å². The predicted molar refractivity (Wildman–Crippen MR) is 114 cm³/mol. The molecule has 12 heteroatoms. The van der Waals surface area contributed by atoms with Gasteiger partial charge in [-0.2, -0.15) is 0 Å². The number of anilines is 1. The highest BCUT2D eigenvalue weighted by Gasteiger charge is 2.56. The minimum Gasteiger partial charge on any atom is -0.457 e. The fourth-order valence-electron chi connectivity index (χ4n) is 4.23. The van der Waals surface area contributed by atoms with Crippen LogP contribution >= 0.6 is 7.60 Å². The highest BCUT2D eigenvalue weighted by Crippen LogP contribution is 2.54. The first-order chi connectivity index (χ1) is 15.3. The Balaban J connectivity index is 1.61. The maximum atomic E-state index is 12.3. The van der Waals surface area contributed by atoms with Gasteiger partial charge >= 0.3 is 13.6 Å². The molecule has 3 aliphatic rings. The van der Waals surface area contributed by atoms with Gasteiger partial charge in [0.25, 0.3) is 0 Å². The van der Waals surface area contributed by atoms with E-state index in [-0.39, 0.29) is 18.5 Å². The molecule has 0 radical (unpaired) electrons. The minimum atomic E-state index is -3.79. The van der Waals surface area contributed by atoms with Crippen LogP contribution < -0.4 is 5.32 Å². The van der Waals surface area contributed by atoms with Gasteiger partial charge in [-0.1, -0.05) is 13.8 Å². The third-order valence-electron chi connectivity index (χ3n) is 5.67. The second-order valence-electron chi connectivity index (χ2n) is 8.12. The number of fused-ring (bicyclic) bond motifs is 2. The van der Waals surface area contributed by atoms with Crippen LogP contribution in [-0.4, -0.2) is 63.5 Å². The fourth-order valence-corrected chi connectivity index (χ4v) is 5.55. The second kappa shape index (κ2) is 9.35. The lowest BCUT2D eigenvalue weighted by Gasteiger charge is -2.30. The number of hydrogen-bond donors (Lipinski definition) is 2. The van der Waals surface area contributed by atoms with E-state index in [9.17, 15) is 19.0 Å². The molecule has 1 amide bonds. The molecule has 4 rings (SSSR count). The maximum absolute atomic E-state index is 12.3. The predicted octanol–water partition coefficient (Wildman–Crippen LogP) is 2.47. The van der Waals surface area contributed by atoms with Crippen LogP contribution in [0.4, 0.5) is 11.5 Å². The van der Waals surface area contributed by atoms with Crippen molar-refractivity contribution in [2.45, 2.75) is 76.3 Å². The number of rotatable bonds is 7. The molecule has 0 aliphatic carbocycles. The molecule has 0 bridgehead atoms. The van der Waals surface area contributed by atoms with Gasteiger partial charge in [0.1, 0.15) is 24.2 Å². The molecule has 32 heavy (non-hydrogen) atoms. The fraction of sp³-hybridized carbons (Fsp3) is 0.650.